The predicted molar refractivity (Wildman–Crippen MR) is 100 cm³/mol. The summed E-state index contributed by atoms with van der Waals surface area (Å²) in [5, 5.41) is 2.75. The smallest absolute Gasteiger partial charge is 0.255 e. The molecule has 0 aliphatic heterocycles. The minimum atomic E-state index is -0.317. The van der Waals surface area contributed by atoms with Crippen molar-refractivity contribution in [2.75, 3.05) is 33.0 Å². The zero-order valence-corrected chi connectivity index (χ0v) is 15.4. The lowest BCUT2D eigenvalue weighted by Gasteiger charge is -2.19. The maximum absolute atomic E-state index is 12.5. The van der Waals surface area contributed by atoms with Gasteiger partial charge in [-0.1, -0.05) is 17.7 Å². The third-order valence-electron chi connectivity index (χ3n) is 3.83. The van der Waals surface area contributed by atoms with E-state index < -0.39 is 0 Å². The Morgan fingerprint density at radius 1 is 1.00 bits per heavy atom. The van der Waals surface area contributed by atoms with Crippen LogP contribution in [0.15, 0.2) is 42.5 Å². The van der Waals surface area contributed by atoms with Crippen LogP contribution in [-0.2, 0) is 4.79 Å². The molecule has 0 atom stereocenters. The minimum Gasteiger partial charge on any atom is -0.347 e. The fraction of sp³-hybridized carbons (Fsp3) is 0.250. The number of nitrogens with one attached hydrogen (secondary N) is 1. The van der Waals surface area contributed by atoms with Gasteiger partial charge in [0.15, 0.2) is 0 Å². The number of likely N-dealkylation sites (N-methyl/N-ethyl adjacent to an activating group) is 2. The second-order valence-electron chi connectivity index (χ2n) is 6.28. The molecule has 0 bridgehead atoms. The molecule has 0 heterocycles. The molecule has 0 unspecified atom stereocenters. The average Bonchev–Trinajstić information content (AvgIpc) is 2.61. The van der Waals surface area contributed by atoms with Crippen LogP contribution in [0.5, 0.6) is 0 Å². The van der Waals surface area contributed by atoms with Crippen LogP contribution in [0.4, 0.5) is 5.69 Å². The van der Waals surface area contributed by atoms with Crippen LogP contribution in [-0.4, -0.2) is 55.2 Å². The van der Waals surface area contributed by atoms with Gasteiger partial charge in [-0.05, 0) is 43.3 Å². The Balaban J connectivity index is 2.09. The monoisotopic (exact) mass is 352 g/mol. The van der Waals surface area contributed by atoms with Gasteiger partial charge in [0, 0.05) is 38.0 Å². The fourth-order valence-corrected chi connectivity index (χ4v) is 2.21. The average molecular weight is 352 g/mol. The Morgan fingerprint density at radius 2 is 1.65 bits per heavy atom. The molecule has 135 valence electrons. The van der Waals surface area contributed by atoms with Crippen molar-refractivity contribution in [3.8, 4) is 0 Å². The highest BCUT2D eigenvalue weighted by molar-refractivity contribution is 6.05. The second kappa shape index (κ2) is 8.29. The van der Waals surface area contributed by atoms with Crippen molar-refractivity contribution in [3.63, 3.8) is 0 Å². The minimum absolute atomic E-state index is 0.0220. The van der Waals surface area contributed by atoms with Gasteiger partial charge < -0.3 is 15.1 Å². The second-order valence-corrected chi connectivity index (χ2v) is 6.28. The molecule has 0 fully saturated rings. The molecule has 2 aromatic carbocycles. The Kier molecular flexibility index (Phi) is 6.11. The van der Waals surface area contributed by atoms with Crippen molar-refractivity contribution in [1.82, 2.24) is 9.80 Å². The van der Waals surface area contributed by atoms with Crippen LogP contribution >= 0.6 is 0 Å². The predicted octanol–water partition coefficient (Wildman–Crippen LogP) is 2.21. The van der Waals surface area contributed by atoms with Crippen molar-refractivity contribution in [2.24, 2.45) is 0 Å². The molecule has 0 aliphatic rings. The highest BCUT2D eigenvalue weighted by atomic mass is 16.2. The summed E-state index contributed by atoms with van der Waals surface area (Å²) in [7, 11) is 4.83. The van der Waals surface area contributed by atoms with E-state index in [1.165, 1.54) is 15.9 Å². The van der Waals surface area contributed by atoms with Gasteiger partial charge in [0.25, 0.3) is 11.8 Å². The molecule has 0 aromatic heterocycles. The lowest BCUT2D eigenvalue weighted by Crippen LogP contribution is -2.37. The lowest BCUT2D eigenvalue weighted by molar-refractivity contribution is -0.129. The van der Waals surface area contributed by atoms with E-state index in [2.05, 4.69) is 11.4 Å². The number of amides is 3. The number of benzene rings is 2. The molecule has 6 nitrogen and oxygen atoms in total. The van der Waals surface area contributed by atoms with Crippen LogP contribution in [0.3, 0.4) is 0 Å². The fourth-order valence-electron chi connectivity index (χ4n) is 2.21. The van der Waals surface area contributed by atoms with Crippen molar-refractivity contribution in [1.29, 1.82) is 0 Å². The number of nitrogens with zero attached hydrogens (tertiary/aromatic N) is 2. The Bertz CT molecular complexity index is 813. The Morgan fingerprint density at radius 3 is 2.27 bits per heavy atom. The van der Waals surface area contributed by atoms with Crippen LogP contribution in [0.25, 0.3) is 0 Å². The molecule has 3 amide bonds. The van der Waals surface area contributed by atoms with Gasteiger partial charge in [-0.3, -0.25) is 14.4 Å². The summed E-state index contributed by atoms with van der Waals surface area (Å²) in [6, 6.07) is 14.7. The summed E-state index contributed by atoms with van der Waals surface area (Å²) < 4.78 is 0. The molecule has 6 heteroatoms. The largest absolute Gasteiger partial charge is 0.347 e. The van der Waals surface area contributed by atoms with E-state index in [1.807, 2.05) is 19.1 Å². The van der Waals surface area contributed by atoms with E-state index in [9.17, 15) is 14.4 Å². The molecule has 1 radical (unpaired) electrons. The first-order valence-electron chi connectivity index (χ1n) is 8.12. The van der Waals surface area contributed by atoms with Crippen LogP contribution < -0.4 is 5.32 Å². The maximum atomic E-state index is 12.5. The number of hydrogen-bond donors (Lipinski definition) is 1. The molecule has 0 aliphatic carbocycles. The number of aryl methyl sites for hydroxylation is 1. The van der Waals surface area contributed by atoms with Crippen LogP contribution in [0.1, 0.15) is 26.3 Å². The Hall–Kier alpha value is -3.15. The van der Waals surface area contributed by atoms with Gasteiger partial charge in [-0.25, -0.2) is 0 Å². The number of hydrogen-bond acceptors (Lipinski definition) is 3. The zero-order chi connectivity index (χ0) is 19.3. The number of anilines is 1. The van der Waals surface area contributed by atoms with Gasteiger partial charge in [-0.2, -0.15) is 0 Å². The molecule has 1 N–H and O–H groups in total. The van der Waals surface area contributed by atoms with Gasteiger partial charge in [0.1, 0.15) is 0 Å². The van der Waals surface area contributed by atoms with Gasteiger partial charge in [0.05, 0.1) is 6.54 Å². The standard InChI is InChI=1S/C20H22N3O3/c1-14-8-10-15(11-9-14)19(25)21-17-7-5-6-16(12-17)20(26)23(4)13-18(24)22(2)3/h6-12H,13H2,1-4H3,(H,21,25). The molecular weight excluding hydrogens is 330 g/mol. The van der Waals surface area contributed by atoms with Gasteiger partial charge >= 0.3 is 0 Å². The number of carbonyl (C=O) groups is 3. The third-order valence-corrected chi connectivity index (χ3v) is 3.83. The van der Waals surface area contributed by atoms with Crippen LogP contribution in [0.2, 0.25) is 0 Å². The zero-order valence-electron chi connectivity index (χ0n) is 15.4. The van der Waals surface area contributed by atoms with E-state index >= 15 is 0 Å². The summed E-state index contributed by atoms with van der Waals surface area (Å²) in [5.41, 5.74) is 2.41. The summed E-state index contributed by atoms with van der Waals surface area (Å²) >= 11 is 0. The molecule has 2 rings (SSSR count). The molecule has 0 spiro atoms. The van der Waals surface area contributed by atoms with Crippen LogP contribution in [0, 0.1) is 13.0 Å². The van der Waals surface area contributed by atoms with Gasteiger partial charge in [-0.15, -0.1) is 0 Å². The van der Waals surface area contributed by atoms with E-state index in [1.54, 1.807) is 45.4 Å². The lowest BCUT2D eigenvalue weighted by atomic mass is 10.1. The van der Waals surface area contributed by atoms with Crippen molar-refractivity contribution >= 4 is 23.4 Å². The number of rotatable bonds is 5. The summed E-state index contributed by atoms with van der Waals surface area (Å²) in [6.45, 7) is 1.93. The highest BCUT2D eigenvalue weighted by Gasteiger charge is 2.16. The summed E-state index contributed by atoms with van der Waals surface area (Å²) in [5.74, 6) is -0.754. The molecular formula is C20H22N3O3. The summed E-state index contributed by atoms with van der Waals surface area (Å²) in [6.07, 6.45) is 0. The van der Waals surface area contributed by atoms with Crippen molar-refractivity contribution in [3.05, 3.63) is 65.2 Å². The highest BCUT2D eigenvalue weighted by Crippen LogP contribution is 2.14. The first kappa shape index (κ1) is 19.2. The normalized spacial score (nSPS) is 10.2. The molecule has 0 saturated carbocycles. The summed E-state index contributed by atoms with van der Waals surface area (Å²) in [4.78, 5) is 39.3. The SMILES string of the molecule is Cc1ccc(C(=O)Nc2c[c]cc(C(=O)N(C)CC(=O)N(C)C)c2)cc1. The van der Waals surface area contributed by atoms with E-state index in [0.29, 0.717) is 16.8 Å². The third kappa shape index (κ3) is 4.92. The Labute approximate surface area is 153 Å². The topological polar surface area (TPSA) is 69.7 Å². The molecule has 0 saturated heterocycles. The van der Waals surface area contributed by atoms with Crippen molar-refractivity contribution in [2.45, 2.75) is 6.92 Å². The first-order chi connectivity index (χ1) is 12.3. The van der Waals surface area contributed by atoms with E-state index in [-0.39, 0.29) is 24.3 Å². The van der Waals surface area contributed by atoms with E-state index in [4.69, 9.17) is 0 Å². The molecule has 26 heavy (non-hydrogen) atoms. The first-order valence-corrected chi connectivity index (χ1v) is 8.12. The van der Waals surface area contributed by atoms with Gasteiger partial charge in [0.2, 0.25) is 5.91 Å². The quantitative estimate of drug-likeness (QED) is 0.897. The molecule has 2 aromatic rings. The maximum Gasteiger partial charge on any atom is 0.255 e. The number of carbonyl (C=O) groups excluding carboxylic acids is 3. The van der Waals surface area contributed by atoms with E-state index in [0.717, 1.165) is 5.56 Å². The van der Waals surface area contributed by atoms with Crippen molar-refractivity contribution < 1.29 is 14.4 Å².